The van der Waals surface area contributed by atoms with Gasteiger partial charge in [0.25, 0.3) is 0 Å². The Kier molecular flexibility index (Phi) is 5.76. The Labute approximate surface area is 125 Å². The van der Waals surface area contributed by atoms with E-state index in [-0.39, 0.29) is 18.3 Å². The molecule has 4 unspecified atom stereocenters. The van der Waals surface area contributed by atoms with E-state index in [1.54, 1.807) is 0 Å². The molecule has 0 radical (unpaired) electrons. The smallest absolute Gasteiger partial charge is 0.303 e. The number of carboxylic acids is 1. The largest absolute Gasteiger partial charge is 0.481 e. The third-order valence-corrected chi connectivity index (χ3v) is 4.53. The Balaban J connectivity index is 1.80. The molecule has 0 spiro atoms. The molecule has 21 heavy (non-hydrogen) atoms. The van der Waals surface area contributed by atoms with Gasteiger partial charge in [-0.05, 0) is 49.5 Å². The highest BCUT2D eigenvalue weighted by Gasteiger charge is 2.36. The number of hydrogen-bond acceptors (Lipinski definition) is 3. The molecule has 1 saturated carbocycles. The normalized spacial score (nSPS) is 26.7. The van der Waals surface area contributed by atoms with Crippen molar-refractivity contribution in [3.05, 3.63) is 35.9 Å². The van der Waals surface area contributed by atoms with Crippen LogP contribution in [0.5, 0.6) is 0 Å². The first kappa shape index (κ1) is 16.0. The second-order valence-electron chi connectivity index (χ2n) is 6.09. The van der Waals surface area contributed by atoms with Crippen molar-refractivity contribution in [1.82, 2.24) is 0 Å². The van der Waals surface area contributed by atoms with E-state index in [1.807, 2.05) is 30.3 Å². The summed E-state index contributed by atoms with van der Waals surface area (Å²) in [6.07, 6.45) is 2.72. The molecule has 1 aromatic carbocycles. The number of carbonyl (C=O) groups is 1. The van der Waals surface area contributed by atoms with Gasteiger partial charge >= 0.3 is 5.97 Å². The number of benzene rings is 1. The van der Waals surface area contributed by atoms with Crippen LogP contribution in [0.2, 0.25) is 0 Å². The van der Waals surface area contributed by atoms with Gasteiger partial charge in [0.15, 0.2) is 0 Å². The lowest BCUT2D eigenvalue weighted by Crippen LogP contribution is -2.23. The standard InChI is InChI=1S/C17H24O4/c18-14(10-12-4-2-1-3-5-12)8-6-13-7-9-16(19)15(13)11-17(20)21/h1-5,13-16,18-19H,6-11H2,(H,20,21). The van der Waals surface area contributed by atoms with Gasteiger partial charge in [-0.25, -0.2) is 0 Å². The number of aliphatic carboxylic acids is 1. The maximum atomic E-state index is 10.9. The predicted octanol–water partition coefficient (Wildman–Crippen LogP) is 2.23. The summed E-state index contributed by atoms with van der Waals surface area (Å²) in [5.74, 6) is -0.802. The highest BCUT2D eigenvalue weighted by Crippen LogP contribution is 2.37. The topological polar surface area (TPSA) is 77.8 Å². The van der Waals surface area contributed by atoms with Crippen LogP contribution in [0, 0.1) is 11.8 Å². The fourth-order valence-corrected chi connectivity index (χ4v) is 3.38. The Hall–Kier alpha value is -1.39. The first-order valence-corrected chi connectivity index (χ1v) is 7.68. The van der Waals surface area contributed by atoms with Gasteiger partial charge in [0, 0.05) is 0 Å². The fourth-order valence-electron chi connectivity index (χ4n) is 3.38. The second kappa shape index (κ2) is 7.57. The van der Waals surface area contributed by atoms with Gasteiger partial charge in [0.2, 0.25) is 0 Å². The zero-order chi connectivity index (χ0) is 15.2. The summed E-state index contributed by atoms with van der Waals surface area (Å²) < 4.78 is 0. The van der Waals surface area contributed by atoms with Crippen LogP contribution in [0.15, 0.2) is 30.3 Å². The molecule has 1 aromatic rings. The summed E-state index contributed by atoms with van der Waals surface area (Å²) in [6, 6.07) is 9.86. The molecule has 4 nitrogen and oxygen atoms in total. The zero-order valence-corrected chi connectivity index (χ0v) is 12.2. The fraction of sp³-hybridized carbons (Fsp3) is 0.588. The van der Waals surface area contributed by atoms with Gasteiger partial charge in [0.05, 0.1) is 18.6 Å². The average molecular weight is 292 g/mol. The van der Waals surface area contributed by atoms with E-state index in [0.29, 0.717) is 19.3 Å². The molecule has 0 bridgehead atoms. The predicted molar refractivity (Wildman–Crippen MR) is 79.9 cm³/mol. The zero-order valence-electron chi connectivity index (χ0n) is 12.2. The Morgan fingerprint density at radius 2 is 1.95 bits per heavy atom. The van der Waals surface area contributed by atoms with Crippen LogP contribution in [-0.2, 0) is 11.2 Å². The van der Waals surface area contributed by atoms with Gasteiger partial charge in [-0.1, -0.05) is 30.3 Å². The first-order valence-electron chi connectivity index (χ1n) is 7.68. The van der Waals surface area contributed by atoms with Crippen molar-refractivity contribution in [2.24, 2.45) is 11.8 Å². The van der Waals surface area contributed by atoms with E-state index < -0.39 is 18.2 Å². The second-order valence-corrected chi connectivity index (χ2v) is 6.09. The summed E-state index contributed by atoms with van der Waals surface area (Å²) in [7, 11) is 0. The van der Waals surface area contributed by atoms with Gasteiger partial charge in [-0.15, -0.1) is 0 Å². The van der Waals surface area contributed by atoms with Gasteiger partial charge < -0.3 is 15.3 Å². The van der Waals surface area contributed by atoms with Crippen LogP contribution in [-0.4, -0.2) is 33.5 Å². The summed E-state index contributed by atoms with van der Waals surface area (Å²) in [6.45, 7) is 0. The first-order chi connectivity index (χ1) is 10.1. The Bertz CT molecular complexity index is 445. The minimum atomic E-state index is -0.851. The number of hydrogen-bond donors (Lipinski definition) is 3. The van der Waals surface area contributed by atoms with Crippen LogP contribution in [0.3, 0.4) is 0 Å². The van der Waals surface area contributed by atoms with Crippen LogP contribution < -0.4 is 0 Å². The molecular formula is C17H24O4. The van der Waals surface area contributed by atoms with Crippen molar-refractivity contribution in [3.8, 4) is 0 Å². The summed E-state index contributed by atoms with van der Waals surface area (Å²) >= 11 is 0. The molecule has 3 N–H and O–H groups in total. The molecule has 116 valence electrons. The van der Waals surface area contributed by atoms with Crippen LogP contribution in [0.4, 0.5) is 0 Å². The number of rotatable bonds is 7. The lowest BCUT2D eigenvalue weighted by molar-refractivity contribution is -0.139. The molecule has 0 aromatic heterocycles. The van der Waals surface area contributed by atoms with Crippen molar-refractivity contribution < 1.29 is 20.1 Å². The van der Waals surface area contributed by atoms with Crippen molar-refractivity contribution in [3.63, 3.8) is 0 Å². The maximum Gasteiger partial charge on any atom is 0.303 e. The van der Waals surface area contributed by atoms with E-state index in [4.69, 9.17) is 5.11 Å². The number of carboxylic acid groups (broad SMARTS) is 1. The van der Waals surface area contributed by atoms with E-state index in [0.717, 1.165) is 18.4 Å². The monoisotopic (exact) mass is 292 g/mol. The Morgan fingerprint density at radius 1 is 1.24 bits per heavy atom. The average Bonchev–Trinajstić information content (AvgIpc) is 2.78. The lowest BCUT2D eigenvalue weighted by Gasteiger charge is -2.21. The van der Waals surface area contributed by atoms with Crippen LogP contribution >= 0.6 is 0 Å². The molecular weight excluding hydrogens is 268 g/mol. The van der Waals surface area contributed by atoms with Crippen LogP contribution in [0.25, 0.3) is 0 Å². The van der Waals surface area contributed by atoms with Crippen molar-refractivity contribution in [1.29, 1.82) is 0 Å². The van der Waals surface area contributed by atoms with Gasteiger partial charge in [-0.2, -0.15) is 0 Å². The van der Waals surface area contributed by atoms with Crippen molar-refractivity contribution in [2.45, 2.75) is 50.7 Å². The highest BCUT2D eigenvalue weighted by atomic mass is 16.4. The third kappa shape index (κ3) is 4.83. The Morgan fingerprint density at radius 3 is 2.62 bits per heavy atom. The molecule has 4 atom stereocenters. The van der Waals surface area contributed by atoms with Crippen molar-refractivity contribution >= 4 is 5.97 Å². The highest BCUT2D eigenvalue weighted by molar-refractivity contribution is 5.67. The molecule has 0 aliphatic heterocycles. The molecule has 0 amide bonds. The minimum Gasteiger partial charge on any atom is -0.481 e. The van der Waals surface area contributed by atoms with Crippen molar-refractivity contribution in [2.75, 3.05) is 0 Å². The van der Waals surface area contributed by atoms with E-state index in [9.17, 15) is 15.0 Å². The van der Waals surface area contributed by atoms with Gasteiger partial charge in [-0.3, -0.25) is 4.79 Å². The molecule has 4 heteroatoms. The van der Waals surface area contributed by atoms with Crippen LogP contribution in [0.1, 0.15) is 37.7 Å². The number of aliphatic hydroxyl groups excluding tert-OH is 2. The van der Waals surface area contributed by atoms with E-state index in [2.05, 4.69) is 0 Å². The molecule has 0 saturated heterocycles. The van der Waals surface area contributed by atoms with Gasteiger partial charge in [0.1, 0.15) is 0 Å². The van der Waals surface area contributed by atoms with E-state index in [1.165, 1.54) is 0 Å². The lowest BCUT2D eigenvalue weighted by atomic mass is 9.86. The quantitative estimate of drug-likeness (QED) is 0.720. The molecule has 0 heterocycles. The summed E-state index contributed by atoms with van der Waals surface area (Å²) in [5, 5.41) is 28.9. The number of aliphatic hydroxyl groups is 2. The molecule has 2 rings (SSSR count). The molecule has 1 fully saturated rings. The maximum absolute atomic E-state index is 10.9. The summed E-state index contributed by atoms with van der Waals surface area (Å²) in [4.78, 5) is 10.9. The molecule has 1 aliphatic rings. The third-order valence-electron chi connectivity index (χ3n) is 4.53. The van der Waals surface area contributed by atoms with E-state index >= 15 is 0 Å². The molecule has 1 aliphatic carbocycles. The minimum absolute atomic E-state index is 0.0284. The SMILES string of the molecule is O=C(O)CC1C(O)CCC1CCC(O)Cc1ccccc1. The summed E-state index contributed by atoms with van der Waals surface area (Å²) in [5.41, 5.74) is 1.11.